The van der Waals surface area contributed by atoms with Gasteiger partial charge in [-0.15, -0.1) is 24.8 Å². The molecule has 8 heteroatoms. The maximum atomic E-state index is 12.4. The van der Waals surface area contributed by atoms with Crippen LogP contribution in [0.4, 0.5) is 22.0 Å². The molecule has 0 bridgehead atoms. The fraction of sp³-hybridized carbons (Fsp3) is 0. The van der Waals surface area contributed by atoms with E-state index in [1.807, 2.05) is 0 Å². The molecule has 0 aliphatic heterocycles. The van der Waals surface area contributed by atoms with Gasteiger partial charge >= 0.3 is 78.7 Å². The number of hydrogen-bond acceptors (Lipinski definition) is 0. The zero-order chi connectivity index (χ0) is 9.46. The van der Waals surface area contributed by atoms with Gasteiger partial charge in [0.15, 0.2) is 0 Å². The molecular formula is C6H2Cl2F5In. The van der Waals surface area contributed by atoms with Gasteiger partial charge in [-0.1, -0.05) is 0 Å². The van der Waals surface area contributed by atoms with E-state index < -0.39 is 32.4 Å². The Morgan fingerprint density at radius 2 is 0.786 bits per heavy atom. The Kier molecular flexibility index (Phi) is 7.20. The van der Waals surface area contributed by atoms with Gasteiger partial charge in [-0.3, -0.25) is 0 Å². The van der Waals surface area contributed by atoms with E-state index in [1.54, 1.807) is 0 Å². The Morgan fingerprint density at radius 3 is 1.07 bits per heavy atom. The first-order valence-corrected chi connectivity index (χ1v) is 4.38. The average molecular weight is 355 g/mol. The molecule has 0 saturated carbocycles. The summed E-state index contributed by atoms with van der Waals surface area (Å²) in [7, 11) is 0. The van der Waals surface area contributed by atoms with Gasteiger partial charge in [0.2, 0.25) is 0 Å². The second-order valence-corrected chi connectivity index (χ2v) is 3.63. The van der Waals surface area contributed by atoms with Crippen LogP contribution in [0.3, 0.4) is 0 Å². The summed E-state index contributed by atoms with van der Waals surface area (Å²) in [6.45, 7) is 0. The van der Waals surface area contributed by atoms with Crippen LogP contribution in [0, 0.1) is 29.1 Å². The molecule has 0 saturated heterocycles. The van der Waals surface area contributed by atoms with Crippen molar-refractivity contribution in [1.82, 2.24) is 0 Å². The molecule has 0 unspecified atom stereocenters. The van der Waals surface area contributed by atoms with Crippen LogP contribution in [0.5, 0.6) is 0 Å². The molecule has 78 valence electrons. The first-order chi connectivity index (χ1) is 5.46. The quantitative estimate of drug-likeness (QED) is 0.380. The summed E-state index contributed by atoms with van der Waals surface area (Å²) in [5, 5.41) is 0. The first kappa shape index (κ1) is 16.7. The standard InChI is InChI=1S/C6F5.2ClH.In/c7-2-1-3(8)5(10)6(11)4(2)9;;;/h;2*1H;. The number of halogens is 7. The summed E-state index contributed by atoms with van der Waals surface area (Å²) < 4.78 is 61.0. The zero-order valence-corrected chi connectivity index (χ0v) is 11.2. The van der Waals surface area contributed by atoms with Crippen molar-refractivity contribution >= 4 is 52.5 Å². The van der Waals surface area contributed by atoms with E-state index >= 15 is 0 Å². The normalized spacial score (nSPS) is 8.93. The van der Waals surface area contributed by atoms with Crippen LogP contribution >= 0.6 is 24.8 Å². The fourth-order valence-electron chi connectivity index (χ4n) is 0.622. The third-order valence-corrected chi connectivity index (χ3v) is 2.69. The molecule has 1 rings (SSSR count). The number of rotatable bonds is 0. The first-order valence-electron chi connectivity index (χ1n) is 2.73. The molecule has 0 aliphatic rings. The zero-order valence-electron chi connectivity index (χ0n) is 6.28. The molecule has 0 heterocycles. The third kappa shape index (κ3) is 2.67. The van der Waals surface area contributed by atoms with Gasteiger partial charge in [0.25, 0.3) is 0 Å². The van der Waals surface area contributed by atoms with Gasteiger partial charge in [0, 0.05) is 0 Å². The number of benzene rings is 1. The molecule has 0 amide bonds. The topological polar surface area (TPSA) is 0 Å². The maximum absolute atomic E-state index is 12.4. The van der Waals surface area contributed by atoms with Crippen molar-refractivity contribution in [3.8, 4) is 0 Å². The van der Waals surface area contributed by atoms with Crippen molar-refractivity contribution in [3.05, 3.63) is 29.1 Å². The Morgan fingerprint density at radius 1 is 0.571 bits per heavy atom. The Labute approximate surface area is 103 Å². The summed E-state index contributed by atoms with van der Waals surface area (Å²) in [5.41, 5.74) is 0. The molecular weight excluding hydrogens is 353 g/mol. The van der Waals surface area contributed by atoms with Crippen LogP contribution in [0.2, 0.25) is 0 Å². The van der Waals surface area contributed by atoms with Gasteiger partial charge in [-0.25, -0.2) is 0 Å². The van der Waals surface area contributed by atoms with Gasteiger partial charge in [-0.05, 0) is 0 Å². The summed E-state index contributed by atoms with van der Waals surface area (Å²) >= 11 is -0.157. The Balaban J connectivity index is 0. The predicted octanol–water partition coefficient (Wildman–Crippen LogP) is 2.02. The van der Waals surface area contributed by atoms with Gasteiger partial charge < -0.3 is 0 Å². The average Bonchev–Trinajstić information content (AvgIpc) is 2.08. The van der Waals surface area contributed by atoms with E-state index in [0.717, 1.165) is 0 Å². The molecule has 0 aromatic heterocycles. The second kappa shape index (κ2) is 6.02. The predicted molar refractivity (Wildman–Crippen MR) is 46.1 cm³/mol. The summed E-state index contributed by atoms with van der Waals surface area (Å²) in [6.07, 6.45) is 0. The second-order valence-electron chi connectivity index (χ2n) is 1.98. The minimum atomic E-state index is -2.11. The fourth-order valence-corrected chi connectivity index (χ4v) is 1.35. The molecule has 2 radical (unpaired) electrons. The monoisotopic (exact) mass is 354 g/mol. The molecule has 1 aromatic rings. The molecule has 0 nitrogen and oxygen atoms in total. The summed E-state index contributed by atoms with van der Waals surface area (Å²) in [6, 6.07) is 0. The van der Waals surface area contributed by atoms with E-state index in [1.165, 1.54) is 0 Å². The van der Waals surface area contributed by atoms with Crippen LogP contribution in [0.1, 0.15) is 0 Å². The van der Waals surface area contributed by atoms with Crippen LogP contribution in [0.25, 0.3) is 0 Å². The summed E-state index contributed by atoms with van der Waals surface area (Å²) in [5.74, 6) is -9.32. The molecule has 14 heavy (non-hydrogen) atoms. The van der Waals surface area contributed by atoms with Crippen LogP contribution < -0.4 is 3.32 Å². The van der Waals surface area contributed by atoms with Crippen molar-refractivity contribution in [2.75, 3.05) is 0 Å². The van der Waals surface area contributed by atoms with E-state index in [2.05, 4.69) is 0 Å². The van der Waals surface area contributed by atoms with Crippen LogP contribution in [0.15, 0.2) is 0 Å². The van der Waals surface area contributed by atoms with Crippen molar-refractivity contribution < 1.29 is 22.0 Å². The van der Waals surface area contributed by atoms with E-state index in [4.69, 9.17) is 0 Å². The SMILES string of the molecule is Cl.Cl.Fc1c(F)c(F)[c]([In])c(F)c1F. The molecule has 0 fully saturated rings. The van der Waals surface area contributed by atoms with Crippen molar-refractivity contribution in [3.63, 3.8) is 0 Å². The molecule has 0 atom stereocenters. The molecule has 1 aromatic carbocycles. The van der Waals surface area contributed by atoms with Crippen molar-refractivity contribution in [1.29, 1.82) is 0 Å². The van der Waals surface area contributed by atoms with Crippen molar-refractivity contribution in [2.45, 2.75) is 0 Å². The summed E-state index contributed by atoms with van der Waals surface area (Å²) in [4.78, 5) is 0. The van der Waals surface area contributed by atoms with E-state index in [-0.39, 0.29) is 49.2 Å². The van der Waals surface area contributed by atoms with Crippen LogP contribution in [-0.2, 0) is 0 Å². The van der Waals surface area contributed by atoms with E-state index in [9.17, 15) is 22.0 Å². The Bertz CT molecular complexity index is 238. The minimum absolute atomic E-state index is 0. The molecule has 0 aliphatic carbocycles. The van der Waals surface area contributed by atoms with Gasteiger partial charge in [0.05, 0.1) is 0 Å². The third-order valence-electron chi connectivity index (χ3n) is 1.24. The van der Waals surface area contributed by atoms with Crippen LogP contribution in [-0.4, -0.2) is 24.4 Å². The van der Waals surface area contributed by atoms with Gasteiger partial charge in [-0.2, -0.15) is 0 Å². The van der Waals surface area contributed by atoms with E-state index in [0.29, 0.717) is 0 Å². The van der Waals surface area contributed by atoms with Crippen molar-refractivity contribution in [2.24, 2.45) is 0 Å². The van der Waals surface area contributed by atoms with Gasteiger partial charge in [0.1, 0.15) is 0 Å². The Hall–Kier alpha value is 0.320. The number of hydrogen-bond donors (Lipinski definition) is 0. The molecule has 0 spiro atoms. The molecule has 0 N–H and O–H groups in total.